The number of hydrogen-bond acceptors (Lipinski definition) is 2. The lowest BCUT2D eigenvalue weighted by Crippen LogP contribution is -2.56. The molecule has 1 saturated heterocycles. The Morgan fingerprint density at radius 3 is 2.58 bits per heavy atom. The van der Waals surface area contributed by atoms with Crippen molar-refractivity contribution in [3.63, 3.8) is 0 Å². The van der Waals surface area contributed by atoms with Crippen LogP contribution in [0.2, 0.25) is 0 Å². The van der Waals surface area contributed by atoms with Crippen molar-refractivity contribution in [3.05, 3.63) is 0 Å². The standard InChI is InChI=1S/C7H16N2O2S/c1-11-6-4-9(5-6)7(10)8-12(2)3/h6,12H,4-5H2,1-3H3,(H,8,10). The maximum absolute atomic E-state index is 11.3. The Balaban J connectivity index is 2.19. The van der Waals surface area contributed by atoms with Crippen LogP contribution in [-0.2, 0) is 4.74 Å². The zero-order valence-corrected chi connectivity index (χ0v) is 8.60. The van der Waals surface area contributed by atoms with Crippen LogP contribution in [0.5, 0.6) is 0 Å². The van der Waals surface area contributed by atoms with Crippen LogP contribution in [0.4, 0.5) is 4.79 Å². The van der Waals surface area contributed by atoms with Gasteiger partial charge in [0, 0.05) is 7.11 Å². The first-order valence-corrected chi connectivity index (χ1v) is 6.12. The van der Waals surface area contributed by atoms with Crippen molar-refractivity contribution in [2.24, 2.45) is 0 Å². The van der Waals surface area contributed by atoms with E-state index in [-0.39, 0.29) is 23.2 Å². The van der Waals surface area contributed by atoms with Crippen LogP contribution < -0.4 is 4.72 Å². The molecule has 1 N–H and O–H groups in total. The van der Waals surface area contributed by atoms with Crippen LogP contribution >= 0.6 is 11.1 Å². The van der Waals surface area contributed by atoms with Gasteiger partial charge < -0.3 is 14.4 Å². The van der Waals surface area contributed by atoms with E-state index in [9.17, 15) is 4.79 Å². The summed E-state index contributed by atoms with van der Waals surface area (Å²) in [4.78, 5) is 13.0. The maximum atomic E-state index is 11.3. The van der Waals surface area contributed by atoms with E-state index in [1.54, 1.807) is 12.0 Å². The van der Waals surface area contributed by atoms with Gasteiger partial charge in [0.1, 0.15) is 0 Å². The third-order valence-corrected chi connectivity index (χ3v) is 2.43. The number of urea groups is 1. The van der Waals surface area contributed by atoms with Crippen LogP contribution in [0.1, 0.15) is 0 Å². The molecule has 0 spiro atoms. The molecule has 0 aliphatic carbocycles. The highest BCUT2D eigenvalue weighted by atomic mass is 32.2. The van der Waals surface area contributed by atoms with Crippen molar-refractivity contribution >= 4 is 17.1 Å². The molecule has 4 nitrogen and oxygen atoms in total. The number of carbonyl (C=O) groups is 1. The van der Waals surface area contributed by atoms with Crippen LogP contribution in [0.3, 0.4) is 0 Å². The van der Waals surface area contributed by atoms with E-state index in [0.717, 1.165) is 13.1 Å². The molecule has 0 atom stereocenters. The number of nitrogens with one attached hydrogen (secondary N) is 1. The molecule has 12 heavy (non-hydrogen) atoms. The molecule has 0 aromatic rings. The molecule has 1 rings (SSSR count). The molecule has 0 unspecified atom stereocenters. The molecule has 5 heteroatoms. The Morgan fingerprint density at radius 1 is 1.58 bits per heavy atom. The molecule has 2 amide bonds. The molecular formula is C7H16N2O2S. The largest absolute Gasteiger partial charge is 0.378 e. The minimum absolute atomic E-state index is 0.0411. The lowest BCUT2D eigenvalue weighted by molar-refractivity contribution is -0.00638. The van der Waals surface area contributed by atoms with Gasteiger partial charge in [0.25, 0.3) is 0 Å². The van der Waals surface area contributed by atoms with Gasteiger partial charge in [-0.1, -0.05) is 0 Å². The van der Waals surface area contributed by atoms with E-state index in [1.807, 2.05) is 12.5 Å². The van der Waals surface area contributed by atoms with E-state index in [0.29, 0.717) is 0 Å². The molecule has 0 saturated carbocycles. The first-order chi connectivity index (χ1) is 5.63. The minimum atomic E-state index is -0.345. The van der Waals surface area contributed by atoms with Gasteiger partial charge in [0.2, 0.25) is 0 Å². The van der Waals surface area contributed by atoms with E-state index >= 15 is 0 Å². The second-order valence-electron chi connectivity index (χ2n) is 3.07. The topological polar surface area (TPSA) is 41.6 Å². The highest BCUT2D eigenvalue weighted by Crippen LogP contribution is 2.13. The maximum Gasteiger partial charge on any atom is 0.326 e. The summed E-state index contributed by atoms with van der Waals surface area (Å²) in [6.07, 6.45) is 4.28. The average molecular weight is 192 g/mol. The van der Waals surface area contributed by atoms with Gasteiger partial charge in [-0.15, -0.1) is 0 Å². The van der Waals surface area contributed by atoms with Gasteiger partial charge in [0.15, 0.2) is 0 Å². The zero-order chi connectivity index (χ0) is 9.14. The summed E-state index contributed by atoms with van der Waals surface area (Å²) in [6, 6.07) is 0.0411. The summed E-state index contributed by atoms with van der Waals surface area (Å²) in [7, 11) is 1.67. The van der Waals surface area contributed by atoms with Gasteiger partial charge in [-0.25, -0.2) is 4.79 Å². The molecule has 0 aromatic carbocycles. The van der Waals surface area contributed by atoms with E-state index < -0.39 is 0 Å². The molecule has 0 aromatic heterocycles. The van der Waals surface area contributed by atoms with Crippen LogP contribution in [0.25, 0.3) is 0 Å². The number of rotatable bonds is 2. The normalized spacial score (nSPS) is 18.6. The number of amides is 2. The van der Waals surface area contributed by atoms with Gasteiger partial charge in [-0.2, -0.15) is 11.1 Å². The summed E-state index contributed by atoms with van der Waals surface area (Å²) in [5.41, 5.74) is 0. The number of hydrogen-bond donors (Lipinski definition) is 2. The average Bonchev–Trinajstić information content (AvgIpc) is 1.82. The highest BCUT2D eigenvalue weighted by molar-refractivity contribution is 8.14. The summed E-state index contributed by atoms with van der Waals surface area (Å²) in [5, 5.41) is 0. The number of nitrogens with zero attached hydrogens (tertiary/aromatic N) is 1. The number of ether oxygens (including phenoxy) is 1. The van der Waals surface area contributed by atoms with Crippen molar-refractivity contribution in [3.8, 4) is 0 Å². The third kappa shape index (κ3) is 2.28. The fraction of sp³-hybridized carbons (Fsp3) is 0.857. The zero-order valence-electron chi connectivity index (χ0n) is 7.70. The predicted molar refractivity (Wildman–Crippen MR) is 51.7 cm³/mol. The van der Waals surface area contributed by atoms with E-state index in [4.69, 9.17) is 4.74 Å². The first kappa shape index (κ1) is 9.67. The second kappa shape index (κ2) is 4.00. The molecular weight excluding hydrogens is 176 g/mol. The predicted octanol–water partition coefficient (Wildman–Crippen LogP) is 0.202. The quantitative estimate of drug-likeness (QED) is 0.614. The van der Waals surface area contributed by atoms with E-state index in [2.05, 4.69) is 4.72 Å². The molecule has 1 heterocycles. The number of methoxy groups -OCH3 is 1. The summed E-state index contributed by atoms with van der Waals surface area (Å²) in [5.74, 6) is 0. The Labute approximate surface area is 75.7 Å². The van der Waals surface area contributed by atoms with Crippen molar-refractivity contribution < 1.29 is 9.53 Å². The second-order valence-corrected chi connectivity index (χ2v) is 5.09. The van der Waals surface area contributed by atoms with Crippen molar-refractivity contribution in [1.29, 1.82) is 0 Å². The van der Waals surface area contributed by atoms with Crippen LogP contribution in [0.15, 0.2) is 0 Å². The minimum Gasteiger partial charge on any atom is -0.378 e. The molecule has 0 radical (unpaired) electrons. The summed E-state index contributed by atoms with van der Waals surface area (Å²) in [6.45, 7) is 1.46. The Morgan fingerprint density at radius 2 is 2.17 bits per heavy atom. The molecule has 0 bridgehead atoms. The molecule has 1 aliphatic heterocycles. The molecule has 72 valence electrons. The fourth-order valence-electron chi connectivity index (χ4n) is 1.02. The molecule has 1 aliphatic rings. The monoisotopic (exact) mass is 192 g/mol. The highest BCUT2D eigenvalue weighted by Gasteiger charge is 2.30. The van der Waals surface area contributed by atoms with Gasteiger partial charge in [0.05, 0.1) is 19.2 Å². The Kier molecular flexibility index (Phi) is 3.22. The Bertz CT molecular complexity index is 169. The Hall–Kier alpha value is -0.420. The van der Waals surface area contributed by atoms with Crippen molar-refractivity contribution in [2.45, 2.75) is 6.10 Å². The van der Waals surface area contributed by atoms with Gasteiger partial charge in [-0.3, -0.25) is 0 Å². The third-order valence-electron chi connectivity index (χ3n) is 1.79. The van der Waals surface area contributed by atoms with Crippen LogP contribution in [0, 0.1) is 0 Å². The fourth-order valence-corrected chi connectivity index (χ4v) is 1.54. The smallest absolute Gasteiger partial charge is 0.326 e. The summed E-state index contributed by atoms with van der Waals surface area (Å²) >= 11 is -0.345. The lowest BCUT2D eigenvalue weighted by atomic mass is 10.2. The van der Waals surface area contributed by atoms with Crippen LogP contribution in [-0.4, -0.2) is 49.7 Å². The summed E-state index contributed by atoms with van der Waals surface area (Å²) < 4.78 is 7.94. The number of carbonyl (C=O) groups excluding carboxylic acids is 1. The molecule has 1 fully saturated rings. The number of thiol groups is 1. The van der Waals surface area contributed by atoms with Gasteiger partial charge >= 0.3 is 6.03 Å². The van der Waals surface area contributed by atoms with Crippen molar-refractivity contribution in [1.82, 2.24) is 9.62 Å². The van der Waals surface area contributed by atoms with E-state index in [1.165, 1.54) is 0 Å². The first-order valence-electron chi connectivity index (χ1n) is 3.89. The SMILES string of the molecule is COC1CN(C(=O)N[SH](C)C)C1. The number of likely N-dealkylation sites (tertiary alicyclic amines) is 1. The van der Waals surface area contributed by atoms with Gasteiger partial charge in [-0.05, 0) is 12.5 Å². The van der Waals surface area contributed by atoms with Crippen molar-refractivity contribution in [2.75, 3.05) is 32.7 Å². The lowest BCUT2D eigenvalue weighted by Gasteiger charge is -2.38.